The predicted octanol–water partition coefficient (Wildman–Crippen LogP) is 2.97. The van der Waals surface area contributed by atoms with Crippen LogP contribution in [0.1, 0.15) is 6.42 Å². The molecule has 1 saturated heterocycles. The Labute approximate surface area is 148 Å². The molecule has 2 aliphatic rings. The van der Waals surface area contributed by atoms with Gasteiger partial charge in [-0.05, 0) is 24.3 Å². The first-order valence-electron chi connectivity index (χ1n) is 7.85. The minimum absolute atomic E-state index is 0.335. The Bertz CT molecular complexity index is 931. The molecular formula is C16H15ClN6S. The van der Waals surface area contributed by atoms with Crippen LogP contribution in [0.25, 0.3) is 5.65 Å². The molecular weight excluding hydrogens is 344 g/mol. The van der Waals surface area contributed by atoms with Crippen molar-refractivity contribution in [2.24, 2.45) is 11.8 Å². The molecule has 2 atom stereocenters. The smallest absolute Gasteiger partial charge is 0.211 e. The molecule has 8 heteroatoms. The molecule has 2 fully saturated rings. The van der Waals surface area contributed by atoms with Crippen molar-refractivity contribution in [3.8, 4) is 0 Å². The number of nitrogens with zero attached hydrogens (tertiary/aromatic N) is 5. The summed E-state index contributed by atoms with van der Waals surface area (Å²) in [7, 11) is 0. The molecule has 0 radical (unpaired) electrons. The van der Waals surface area contributed by atoms with Crippen LogP contribution in [0, 0.1) is 11.8 Å². The van der Waals surface area contributed by atoms with Crippen LogP contribution in [-0.4, -0.2) is 32.4 Å². The highest BCUT2D eigenvalue weighted by molar-refractivity contribution is 7.99. The van der Waals surface area contributed by atoms with Crippen LogP contribution in [-0.2, 0) is 0 Å². The van der Waals surface area contributed by atoms with E-state index in [2.05, 4.69) is 19.3 Å². The van der Waals surface area contributed by atoms with Crippen molar-refractivity contribution in [3.05, 3.63) is 35.9 Å². The lowest BCUT2D eigenvalue weighted by molar-refractivity contribution is 0.774. The van der Waals surface area contributed by atoms with Gasteiger partial charge in [0.1, 0.15) is 5.82 Å². The summed E-state index contributed by atoms with van der Waals surface area (Å²) in [5, 5.41) is 0.468. The van der Waals surface area contributed by atoms with Crippen molar-refractivity contribution in [2.45, 2.75) is 16.2 Å². The maximum absolute atomic E-state index is 6.26. The normalized spacial score (nSPS) is 22.1. The van der Waals surface area contributed by atoms with Crippen molar-refractivity contribution < 1.29 is 0 Å². The quantitative estimate of drug-likeness (QED) is 0.776. The van der Waals surface area contributed by atoms with E-state index >= 15 is 0 Å². The lowest BCUT2D eigenvalue weighted by atomic mass is 10.4. The van der Waals surface area contributed by atoms with E-state index in [0.717, 1.165) is 46.3 Å². The molecule has 1 aliphatic carbocycles. The molecule has 0 aromatic carbocycles. The third kappa shape index (κ3) is 2.22. The number of nitrogen functional groups attached to an aromatic ring is 1. The van der Waals surface area contributed by atoms with Crippen molar-refractivity contribution in [2.75, 3.05) is 23.7 Å². The number of hydrogen-bond donors (Lipinski definition) is 1. The number of pyridine rings is 1. The summed E-state index contributed by atoms with van der Waals surface area (Å²) < 4.78 is 2.06. The molecule has 4 heterocycles. The van der Waals surface area contributed by atoms with Gasteiger partial charge < -0.3 is 10.6 Å². The number of nitrogens with two attached hydrogens (primary N) is 1. The number of imidazole rings is 1. The SMILES string of the molecule is Nc1nccc(Sc2cnc(N3CC4CC4C3)n3ccnc23)c1Cl. The van der Waals surface area contributed by atoms with E-state index in [1.54, 1.807) is 6.20 Å². The second-order valence-corrected chi connectivity index (χ2v) is 7.78. The van der Waals surface area contributed by atoms with Crippen LogP contribution in [0.4, 0.5) is 11.8 Å². The van der Waals surface area contributed by atoms with E-state index < -0.39 is 0 Å². The van der Waals surface area contributed by atoms with E-state index in [4.69, 9.17) is 22.3 Å². The van der Waals surface area contributed by atoms with Gasteiger partial charge in [0, 0.05) is 42.8 Å². The summed E-state index contributed by atoms with van der Waals surface area (Å²) in [6, 6.07) is 1.85. The maximum atomic E-state index is 6.26. The van der Waals surface area contributed by atoms with Crippen LogP contribution in [0.3, 0.4) is 0 Å². The number of fused-ring (bicyclic) bond motifs is 2. The Morgan fingerprint density at radius 1 is 1.12 bits per heavy atom. The topological polar surface area (TPSA) is 72.3 Å². The lowest BCUT2D eigenvalue weighted by Crippen LogP contribution is -2.25. The number of aromatic nitrogens is 4. The number of piperidine rings is 1. The summed E-state index contributed by atoms with van der Waals surface area (Å²) in [6.45, 7) is 2.20. The summed E-state index contributed by atoms with van der Waals surface area (Å²) in [5.74, 6) is 3.03. The minimum atomic E-state index is 0.335. The third-order valence-electron chi connectivity index (χ3n) is 4.74. The van der Waals surface area contributed by atoms with Crippen molar-refractivity contribution in [1.82, 2.24) is 19.4 Å². The zero-order valence-electron chi connectivity index (χ0n) is 12.8. The van der Waals surface area contributed by atoms with E-state index in [-0.39, 0.29) is 0 Å². The molecule has 0 spiro atoms. The van der Waals surface area contributed by atoms with Crippen LogP contribution in [0.15, 0.2) is 40.6 Å². The number of hydrogen-bond acceptors (Lipinski definition) is 6. The average molecular weight is 359 g/mol. The zero-order valence-corrected chi connectivity index (χ0v) is 14.3. The fourth-order valence-electron chi connectivity index (χ4n) is 3.39. The average Bonchev–Trinajstić information content (AvgIpc) is 3.00. The van der Waals surface area contributed by atoms with E-state index in [1.165, 1.54) is 18.2 Å². The Morgan fingerprint density at radius 3 is 2.79 bits per heavy atom. The van der Waals surface area contributed by atoms with Gasteiger partial charge in [0.15, 0.2) is 5.65 Å². The van der Waals surface area contributed by atoms with Gasteiger partial charge >= 0.3 is 0 Å². The molecule has 0 amide bonds. The van der Waals surface area contributed by atoms with Gasteiger partial charge in [-0.25, -0.2) is 15.0 Å². The third-order valence-corrected chi connectivity index (χ3v) is 6.31. The Balaban J connectivity index is 1.53. The molecule has 2 N–H and O–H groups in total. The first-order chi connectivity index (χ1) is 11.7. The first kappa shape index (κ1) is 14.4. The van der Waals surface area contributed by atoms with E-state index in [9.17, 15) is 0 Å². The number of rotatable bonds is 3. The van der Waals surface area contributed by atoms with Crippen LogP contribution < -0.4 is 10.6 Å². The van der Waals surface area contributed by atoms with Crippen LogP contribution >= 0.6 is 23.4 Å². The van der Waals surface area contributed by atoms with Gasteiger partial charge in [0.05, 0.1) is 9.92 Å². The first-order valence-corrected chi connectivity index (χ1v) is 9.05. The van der Waals surface area contributed by atoms with Crippen LogP contribution in [0.2, 0.25) is 5.02 Å². The largest absolute Gasteiger partial charge is 0.382 e. The van der Waals surface area contributed by atoms with Gasteiger partial charge in [-0.1, -0.05) is 23.4 Å². The molecule has 1 aliphatic heterocycles. The molecule has 6 nitrogen and oxygen atoms in total. The van der Waals surface area contributed by atoms with Crippen molar-refractivity contribution >= 4 is 40.8 Å². The number of halogens is 1. The highest BCUT2D eigenvalue weighted by Crippen LogP contribution is 2.46. The standard InChI is InChI=1S/C16H15ClN6S/c17-13-11(1-2-19-14(13)18)24-12-6-21-16(23-4-3-20-15(12)23)22-7-9-5-10(9)8-22/h1-4,6,9-10H,5,7-8H2,(H2,18,19). The summed E-state index contributed by atoms with van der Waals surface area (Å²) in [4.78, 5) is 17.4. The minimum Gasteiger partial charge on any atom is -0.382 e. The Kier molecular flexibility index (Phi) is 3.14. The Hall–Kier alpha value is -1.99. The number of anilines is 2. The second kappa shape index (κ2) is 5.26. The van der Waals surface area contributed by atoms with Gasteiger partial charge in [-0.15, -0.1) is 0 Å². The van der Waals surface area contributed by atoms with E-state index in [1.807, 2.05) is 24.7 Å². The van der Waals surface area contributed by atoms with Crippen molar-refractivity contribution in [1.29, 1.82) is 0 Å². The molecule has 24 heavy (non-hydrogen) atoms. The molecule has 0 bridgehead atoms. The molecule has 122 valence electrons. The van der Waals surface area contributed by atoms with Crippen LogP contribution in [0.5, 0.6) is 0 Å². The van der Waals surface area contributed by atoms with Gasteiger partial charge in [-0.3, -0.25) is 4.40 Å². The Morgan fingerprint density at radius 2 is 1.96 bits per heavy atom. The lowest BCUT2D eigenvalue weighted by Gasteiger charge is -2.20. The second-order valence-electron chi connectivity index (χ2n) is 6.31. The van der Waals surface area contributed by atoms with Gasteiger partial charge in [0.25, 0.3) is 0 Å². The van der Waals surface area contributed by atoms with Gasteiger partial charge in [0.2, 0.25) is 5.95 Å². The summed E-state index contributed by atoms with van der Waals surface area (Å²) in [6.07, 6.45) is 8.68. The zero-order chi connectivity index (χ0) is 16.3. The molecule has 2 unspecified atom stereocenters. The predicted molar refractivity (Wildman–Crippen MR) is 94.6 cm³/mol. The molecule has 5 rings (SSSR count). The fraction of sp³-hybridized carbons (Fsp3) is 0.312. The van der Waals surface area contributed by atoms with Gasteiger partial charge in [-0.2, -0.15) is 0 Å². The maximum Gasteiger partial charge on any atom is 0.211 e. The highest BCUT2D eigenvalue weighted by atomic mass is 35.5. The highest BCUT2D eigenvalue weighted by Gasteiger charge is 2.46. The van der Waals surface area contributed by atoms with E-state index in [0.29, 0.717) is 10.8 Å². The summed E-state index contributed by atoms with van der Waals surface area (Å²) in [5.41, 5.74) is 6.68. The molecule has 3 aromatic heterocycles. The fourth-order valence-corrected chi connectivity index (χ4v) is 4.52. The summed E-state index contributed by atoms with van der Waals surface area (Å²) >= 11 is 7.77. The monoisotopic (exact) mass is 358 g/mol. The van der Waals surface area contributed by atoms with Crippen molar-refractivity contribution in [3.63, 3.8) is 0 Å². The molecule has 1 saturated carbocycles. The molecule has 3 aromatic rings.